The summed E-state index contributed by atoms with van der Waals surface area (Å²) in [4.78, 5) is 17.6. The fraction of sp³-hybridized carbons (Fsp3) is 0.250. The summed E-state index contributed by atoms with van der Waals surface area (Å²) < 4.78 is 13.3. The van der Waals surface area contributed by atoms with E-state index < -0.39 is 11.9 Å². The van der Waals surface area contributed by atoms with Gasteiger partial charge in [-0.25, -0.2) is 4.98 Å². The van der Waals surface area contributed by atoms with Crippen molar-refractivity contribution >= 4 is 23.2 Å². The van der Waals surface area contributed by atoms with Gasteiger partial charge in [-0.05, 0) is 44.3 Å². The van der Waals surface area contributed by atoms with Gasteiger partial charge in [0.2, 0.25) is 5.95 Å². The molecule has 1 amide bonds. The molecule has 1 N–H and O–H groups in total. The molecule has 0 aliphatic carbocycles. The van der Waals surface area contributed by atoms with Crippen LogP contribution in [-0.4, -0.2) is 36.4 Å². The van der Waals surface area contributed by atoms with Crippen LogP contribution in [0.25, 0.3) is 0 Å². The van der Waals surface area contributed by atoms with Crippen molar-refractivity contribution in [2.45, 2.75) is 6.42 Å². The summed E-state index contributed by atoms with van der Waals surface area (Å²) in [6.07, 6.45) is 2.14. The number of hydrogen-bond acceptors (Lipinski definition) is 3. The normalized spacial score (nSPS) is 10.8. The molecule has 2 rings (SSSR count). The predicted molar refractivity (Wildman–Crippen MR) is 85.9 cm³/mol. The first-order valence-corrected chi connectivity index (χ1v) is 7.20. The third-order valence-corrected chi connectivity index (χ3v) is 3.51. The molecule has 1 aromatic carbocycles. The van der Waals surface area contributed by atoms with Crippen molar-refractivity contribution in [3.63, 3.8) is 0 Å². The molecular formula is C16H17ClFN3O. The van der Waals surface area contributed by atoms with E-state index in [1.807, 2.05) is 38.4 Å². The summed E-state index contributed by atoms with van der Waals surface area (Å²) in [5.74, 6) is -1.32. The first-order chi connectivity index (χ1) is 10.5. The molecular weight excluding hydrogens is 305 g/mol. The molecule has 0 radical (unpaired) electrons. The SMILES string of the molecule is CN(C)CCc1ccc(NC(=O)c2ccnc(F)c2Cl)cc1. The average molecular weight is 322 g/mol. The summed E-state index contributed by atoms with van der Waals surface area (Å²) in [7, 11) is 4.04. The average Bonchev–Trinajstić information content (AvgIpc) is 2.49. The quantitative estimate of drug-likeness (QED) is 0.860. The Morgan fingerprint density at radius 3 is 2.59 bits per heavy atom. The number of nitrogens with one attached hydrogen (secondary N) is 1. The molecule has 0 spiro atoms. The molecule has 0 unspecified atom stereocenters. The van der Waals surface area contributed by atoms with Crippen LogP contribution in [0.3, 0.4) is 0 Å². The zero-order valence-corrected chi connectivity index (χ0v) is 13.2. The van der Waals surface area contributed by atoms with E-state index in [0.29, 0.717) is 5.69 Å². The zero-order valence-electron chi connectivity index (χ0n) is 12.4. The largest absolute Gasteiger partial charge is 0.322 e. The Kier molecular flexibility index (Phi) is 5.46. The summed E-state index contributed by atoms with van der Waals surface area (Å²) in [6.45, 7) is 0.956. The second kappa shape index (κ2) is 7.33. The van der Waals surface area contributed by atoms with E-state index in [1.54, 1.807) is 0 Å². The van der Waals surface area contributed by atoms with Crippen molar-refractivity contribution in [3.8, 4) is 0 Å². The van der Waals surface area contributed by atoms with Crippen LogP contribution in [0.15, 0.2) is 36.5 Å². The number of benzene rings is 1. The molecule has 1 aromatic heterocycles. The number of halogens is 2. The van der Waals surface area contributed by atoms with Crippen LogP contribution in [0.4, 0.5) is 10.1 Å². The van der Waals surface area contributed by atoms with Gasteiger partial charge in [-0.1, -0.05) is 23.7 Å². The van der Waals surface area contributed by atoms with Crippen LogP contribution in [0.5, 0.6) is 0 Å². The highest BCUT2D eigenvalue weighted by Crippen LogP contribution is 2.19. The van der Waals surface area contributed by atoms with Gasteiger partial charge in [0.1, 0.15) is 5.02 Å². The van der Waals surface area contributed by atoms with Crippen LogP contribution in [0.1, 0.15) is 15.9 Å². The number of aromatic nitrogens is 1. The highest BCUT2D eigenvalue weighted by atomic mass is 35.5. The van der Waals surface area contributed by atoms with E-state index in [-0.39, 0.29) is 10.6 Å². The van der Waals surface area contributed by atoms with Crippen molar-refractivity contribution in [2.24, 2.45) is 0 Å². The molecule has 0 bridgehead atoms. The second-order valence-corrected chi connectivity index (χ2v) is 5.55. The maximum absolute atomic E-state index is 13.3. The Morgan fingerprint density at radius 1 is 1.27 bits per heavy atom. The van der Waals surface area contributed by atoms with Crippen molar-refractivity contribution in [3.05, 3.63) is 58.6 Å². The Hall–Kier alpha value is -1.98. The molecule has 0 fully saturated rings. The van der Waals surface area contributed by atoms with Crippen LogP contribution < -0.4 is 5.32 Å². The monoisotopic (exact) mass is 321 g/mol. The molecule has 0 saturated carbocycles. The van der Waals surface area contributed by atoms with Gasteiger partial charge in [0, 0.05) is 18.4 Å². The number of likely N-dealkylation sites (N-methyl/N-ethyl adjacent to an activating group) is 1. The fourth-order valence-electron chi connectivity index (χ4n) is 1.90. The van der Waals surface area contributed by atoms with E-state index in [4.69, 9.17) is 11.6 Å². The van der Waals surface area contributed by atoms with E-state index in [2.05, 4.69) is 15.2 Å². The smallest absolute Gasteiger partial charge is 0.257 e. The predicted octanol–water partition coefficient (Wildman–Crippen LogP) is 3.23. The highest BCUT2D eigenvalue weighted by Gasteiger charge is 2.14. The number of carbonyl (C=O) groups excluding carboxylic acids is 1. The van der Waals surface area contributed by atoms with Crippen molar-refractivity contribution in [1.82, 2.24) is 9.88 Å². The van der Waals surface area contributed by atoms with E-state index >= 15 is 0 Å². The standard InChI is InChI=1S/C16H17ClFN3O/c1-21(2)10-8-11-3-5-12(6-4-11)20-16(22)13-7-9-19-15(18)14(13)17/h3-7,9H,8,10H2,1-2H3,(H,20,22). The Labute approximate surface area is 133 Å². The molecule has 4 nitrogen and oxygen atoms in total. The van der Waals surface area contributed by atoms with Gasteiger partial charge in [0.05, 0.1) is 5.56 Å². The maximum atomic E-state index is 13.3. The summed E-state index contributed by atoms with van der Waals surface area (Å²) in [5.41, 5.74) is 1.87. The van der Waals surface area contributed by atoms with Crippen molar-refractivity contribution < 1.29 is 9.18 Å². The van der Waals surface area contributed by atoms with E-state index in [9.17, 15) is 9.18 Å². The lowest BCUT2D eigenvalue weighted by Crippen LogP contribution is -2.15. The van der Waals surface area contributed by atoms with E-state index in [1.165, 1.54) is 17.8 Å². The van der Waals surface area contributed by atoms with Gasteiger partial charge < -0.3 is 10.2 Å². The minimum absolute atomic E-state index is 0.0610. The molecule has 116 valence electrons. The molecule has 0 atom stereocenters. The van der Waals surface area contributed by atoms with Crippen LogP contribution >= 0.6 is 11.6 Å². The van der Waals surface area contributed by atoms with E-state index in [0.717, 1.165) is 13.0 Å². The molecule has 0 saturated heterocycles. The first kappa shape index (κ1) is 16.4. The lowest BCUT2D eigenvalue weighted by atomic mass is 10.1. The van der Waals surface area contributed by atoms with Gasteiger partial charge in [-0.2, -0.15) is 4.39 Å². The molecule has 22 heavy (non-hydrogen) atoms. The lowest BCUT2D eigenvalue weighted by Gasteiger charge is -2.10. The number of rotatable bonds is 5. The number of nitrogens with zero attached hydrogens (tertiary/aromatic N) is 2. The van der Waals surface area contributed by atoms with Crippen molar-refractivity contribution in [2.75, 3.05) is 26.0 Å². The Morgan fingerprint density at radius 2 is 1.95 bits per heavy atom. The number of carbonyl (C=O) groups is 1. The second-order valence-electron chi connectivity index (χ2n) is 5.17. The Balaban J connectivity index is 2.04. The summed E-state index contributed by atoms with van der Waals surface area (Å²) in [5, 5.41) is 2.41. The van der Waals surface area contributed by atoms with Crippen LogP contribution in [0, 0.1) is 5.95 Å². The van der Waals surface area contributed by atoms with Gasteiger partial charge >= 0.3 is 0 Å². The maximum Gasteiger partial charge on any atom is 0.257 e. The minimum Gasteiger partial charge on any atom is -0.322 e. The molecule has 6 heteroatoms. The number of hydrogen-bond donors (Lipinski definition) is 1. The summed E-state index contributed by atoms with van der Waals surface area (Å²) >= 11 is 5.75. The summed E-state index contributed by atoms with van der Waals surface area (Å²) in [6, 6.07) is 8.91. The fourth-order valence-corrected chi connectivity index (χ4v) is 2.10. The van der Waals surface area contributed by atoms with Gasteiger partial charge in [-0.3, -0.25) is 4.79 Å². The first-order valence-electron chi connectivity index (χ1n) is 6.82. The van der Waals surface area contributed by atoms with Crippen LogP contribution in [-0.2, 0) is 6.42 Å². The van der Waals surface area contributed by atoms with Gasteiger partial charge in [0.25, 0.3) is 5.91 Å². The Bertz CT molecular complexity index is 659. The lowest BCUT2D eigenvalue weighted by molar-refractivity contribution is 0.102. The minimum atomic E-state index is -0.853. The number of anilines is 1. The third kappa shape index (κ3) is 4.26. The van der Waals surface area contributed by atoms with Gasteiger partial charge in [-0.15, -0.1) is 0 Å². The van der Waals surface area contributed by atoms with Crippen molar-refractivity contribution in [1.29, 1.82) is 0 Å². The third-order valence-electron chi connectivity index (χ3n) is 3.15. The molecule has 0 aliphatic rings. The molecule has 2 aromatic rings. The van der Waals surface area contributed by atoms with Gasteiger partial charge in [0.15, 0.2) is 0 Å². The highest BCUT2D eigenvalue weighted by molar-refractivity contribution is 6.34. The number of amides is 1. The number of pyridine rings is 1. The zero-order chi connectivity index (χ0) is 16.1. The molecule has 0 aliphatic heterocycles. The van der Waals surface area contributed by atoms with Crippen LogP contribution in [0.2, 0.25) is 5.02 Å². The topological polar surface area (TPSA) is 45.2 Å². The molecule has 1 heterocycles.